The minimum Gasteiger partial charge on any atom is -0.542 e. The molecular weight excluding hydrogens is 231 g/mol. The van der Waals surface area contributed by atoms with Gasteiger partial charge in [-0.05, 0) is 0 Å². The smallest absolute Gasteiger partial charge is 0.430 e. The number of alkyl halides is 3. The van der Waals surface area contributed by atoms with Gasteiger partial charge in [-0.15, -0.1) is 0 Å². The van der Waals surface area contributed by atoms with Crippen molar-refractivity contribution in [1.82, 2.24) is 0 Å². The summed E-state index contributed by atoms with van der Waals surface area (Å²) in [6, 6.07) is 0. The van der Waals surface area contributed by atoms with Gasteiger partial charge in [-0.3, -0.25) is 0 Å². The average Bonchev–Trinajstić information content (AvgIpc) is 2.02. The third-order valence-corrected chi connectivity index (χ3v) is 1.64. The van der Waals surface area contributed by atoms with Crippen LogP contribution in [0.15, 0.2) is 0 Å². The summed E-state index contributed by atoms with van der Waals surface area (Å²) in [7, 11) is 3.96. The molecule has 8 heteroatoms. The first-order valence-corrected chi connectivity index (χ1v) is 4.38. The molecule has 0 saturated carbocycles. The first kappa shape index (κ1) is 17.5. The molecule has 0 aromatic heterocycles. The fraction of sp³-hybridized carbons (Fsp3) is 0.875. The number of carboxylic acid groups (broad SMARTS) is 1. The number of carbonyl (C=O) groups excluding carboxylic acids is 1. The first-order chi connectivity index (χ1) is 7.06. The molecule has 0 fully saturated rings. The Morgan fingerprint density at radius 2 is 1.44 bits per heavy atom. The molecule has 0 saturated heterocycles. The van der Waals surface area contributed by atoms with Crippen molar-refractivity contribution in [2.45, 2.75) is 6.18 Å². The molecule has 16 heavy (non-hydrogen) atoms. The molecule has 98 valence electrons. The Balaban J connectivity index is 0. The number of aliphatic carboxylic acids is 1. The van der Waals surface area contributed by atoms with Crippen LogP contribution in [-0.4, -0.2) is 67.2 Å². The molecule has 0 heterocycles. The highest BCUT2D eigenvalue weighted by Gasteiger charge is 2.28. The van der Waals surface area contributed by atoms with Gasteiger partial charge in [0.2, 0.25) is 0 Å². The topological polar surface area (TPSA) is 80.6 Å². The lowest BCUT2D eigenvalue weighted by Gasteiger charge is -2.27. The Morgan fingerprint density at radius 3 is 1.56 bits per heavy atom. The van der Waals surface area contributed by atoms with Crippen molar-refractivity contribution in [2.24, 2.45) is 0 Å². The van der Waals surface area contributed by atoms with Gasteiger partial charge < -0.3 is 24.6 Å². The van der Waals surface area contributed by atoms with E-state index in [-0.39, 0.29) is 13.2 Å². The molecular formula is C8H16F3NO4. The maximum absolute atomic E-state index is 10.5. The Morgan fingerprint density at radius 1 is 1.19 bits per heavy atom. The molecule has 0 aromatic carbocycles. The van der Waals surface area contributed by atoms with Crippen molar-refractivity contribution in [3.05, 3.63) is 0 Å². The van der Waals surface area contributed by atoms with Crippen molar-refractivity contribution >= 4 is 5.97 Å². The summed E-state index contributed by atoms with van der Waals surface area (Å²) in [5, 5.41) is 25.8. The summed E-state index contributed by atoms with van der Waals surface area (Å²) in [6.45, 7) is 1.79. The van der Waals surface area contributed by atoms with E-state index in [2.05, 4.69) is 0 Å². The fourth-order valence-electron chi connectivity index (χ4n) is 0.653. The molecule has 0 aliphatic carbocycles. The van der Waals surface area contributed by atoms with Crippen molar-refractivity contribution in [2.75, 3.05) is 40.4 Å². The summed E-state index contributed by atoms with van der Waals surface area (Å²) >= 11 is 0. The largest absolute Gasteiger partial charge is 0.542 e. The van der Waals surface area contributed by atoms with Crippen molar-refractivity contribution in [3.8, 4) is 0 Å². The van der Waals surface area contributed by atoms with Gasteiger partial charge in [-0.1, -0.05) is 0 Å². The Hall–Kier alpha value is -0.860. The molecule has 0 bridgehead atoms. The van der Waals surface area contributed by atoms with Crippen LogP contribution < -0.4 is 5.11 Å². The van der Waals surface area contributed by atoms with E-state index in [4.69, 9.17) is 20.1 Å². The molecule has 0 aromatic rings. The summed E-state index contributed by atoms with van der Waals surface area (Å²) < 4.78 is 32.2. The number of quaternary nitrogens is 1. The summed E-state index contributed by atoms with van der Waals surface area (Å²) in [5.74, 6) is -3.01. The minimum absolute atomic E-state index is 0.188. The van der Waals surface area contributed by atoms with Crippen molar-refractivity contribution in [3.63, 3.8) is 0 Å². The van der Waals surface area contributed by atoms with E-state index in [1.165, 1.54) is 0 Å². The zero-order chi connectivity index (χ0) is 13.4. The van der Waals surface area contributed by atoms with Crippen molar-refractivity contribution in [1.29, 1.82) is 0 Å². The van der Waals surface area contributed by atoms with Gasteiger partial charge in [0.1, 0.15) is 19.1 Å². The van der Waals surface area contributed by atoms with Gasteiger partial charge in [0, 0.05) is 0 Å². The number of hydrogen-bond acceptors (Lipinski definition) is 4. The monoisotopic (exact) mass is 247 g/mol. The van der Waals surface area contributed by atoms with Crippen LogP contribution in [0.1, 0.15) is 0 Å². The summed E-state index contributed by atoms with van der Waals surface area (Å²) in [6.07, 6.45) is -5.19. The van der Waals surface area contributed by atoms with Crippen LogP contribution in [0.5, 0.6) is 0 Å². The molecule has 0 spiro atoms. The predicted octanol–water partition coefficient (Wildman–Crippen LogP) is -1.65. The molecule has 5 nitrogen and oxygen atoms in total. The highest BCUT2D eigenvalue weighted by molar-refractivity contribution is 5.70. The number of carbonyl (C=O) groups is 1. The molecule has 0 atom stereocenters. The van der Waals surface area contributed by atoms with Crippen LogP contribution in [0.25, 0.3) is 0 Å². The Kier molecular flexibility index (Phi) is 8.13. The Bertz CT molecular complexity index is 198. The SMILES string of the molecule is C[N+](C)(CCO)CCO.O=C([O-])C(F)(F)F. The minimum atomic E-state index is -5.19. The molecule has 0 amide bonds. The molecule has 0 aliphatic heterocycles. The lowest BCUT2D eigenvalue weighted by Crippen LogP contribution is -2.43. The normalized spacial score (nSPS) is 11.7. The van der Waals surface area contributed by atoms with E-state index in [9.17, 15) is 13.2 Å². The number of halogens is 3. The van der Waals surface area contributed by atoms with E-state index in [1.807, 2.05) is 14.1 Å². The van der Waals surface area contributed by atoms with E-state index in [0.29, 0.717) is 17.6 Å². The zero-order valence-corrected chi connectivity index (χ0v) is 9.12. The van der Waals surface area contributed by atoms with Crippen LogP contribution in [0, 0.1) is 0 Å². The maximum Gasteiger partial charge on any atom is 0.430 e. The Labute approximate surface area is 91.3 Å². The van der Waals surface area contributed by atoms with Gasteiger partial charge in [-0.2, -0.15) is 13.2 Å². The third-order valence-electron chi connectivity index (χ3n) is 1.64. The molecule has 0 aliphatic rings. The third kappa shape index (κ3) is 11.2. The van der Waals surface area contributed by atoms with Gasteiger partial charge in [0.15, 0.2) is 0 Å². The second kappa shape index (κ2) is 7.42. The summed E-state index contributed by atoms with van der Waals surface area (Å²) in [5.41, 5.74) is 0. The average molecular weight is 247 g/mol. The summed E-state index contributed by atoms with van der Waals surface area (Å²) in [4.78, 5) is 8.78. The highest BCUT2D eigenvalue weighted by atomic mass is 19.4. The van der Waals surface area contributed by atoms with Crippen LogP contribution in [0.4, 0.5) is 13.2 Å². The van der Waals surface area contributed by atoms with Gasteiger partial charge in [0.25, 0.3) is 0 Å². The second-order valence-electron chi connectivity index (χ2n) is 3.62. The molecule has 0 radical (unpaired) electrons. The first-order valence-electron chi connectivity index (χ1n) is 4.38. The number of aliphatic hydroxyl groups excluding tert-OH is 2. The second-order valence-corrected chi connectivity index (χ2v) is 3.62. The van der Waals surface area contributed by atoms with Crippen molar-refractivity contribution < 1.29 is 37.8 Å². The number of carboxylic acids is 1. The van der Waals surface area contributed by atoms with Crippen LogP contribution >= 0.6 is 0 Å². The van der Waals surface area contributed by atoms with E-state index in [0.717, 1.165) is 0 Å². The number of likely N-dealkylation sites (N-methyl/N-ethyl adjacent to an activating group) is 1. The highest BCUT2D eigenvalue weighted by Crippen LogP contribution is 2.11. The number of hydrogen-bond donors (Lipinski definition) is 2. The van der Waals surface area contributed by atoms with Gasteiger partial charge >= 0.3 is 6.18 Å². The number of rotatable bonds is 4. The standard InChI is InChI=1S/C6H16NO2.C2HF3O2/c1-7(2,3-5-8)4-6-9;3-2(4,5)1(6)7/h8-9H,3-6H2,1-2H3;(H,6,7)/q+1;/p-1. The molecule has 0 unspecified atom stereocenters. The van der Waals surface area contributed by atoms with E-state index < -0.39 is 12.1 Å². The number of nitrogens with zero attached hydrogens (tertiary/aromatic N) is 1. The van der Waals surface area contributed by atoms with Crippen LogP contribution in [0.2, 0.25) is 0 Å². The van der Waals surface area contributed by atoms with Gasteiger partial charge in [-0.25, -0.2) is 0 Å². The van der Waals surface area contributed by atoms with Gasteiger partial charge in [0.05, 0.1) is 27.3 Å². The number of aliphatic hydroxyl groups is 2. The zero-order valence-electron chi connectivity index (χ0n) is 9.12. The van der Waals surface area contributed by atoms with Crippen LogP contribution in [-0.2, 0) is 4.79 Å². The van der Waals surface area contributed by atoms with Crippen LogP contribution in [0.3, 0.4) is 0 Å². The maximum atomic E-state index is 10.5. The lowest BCUT2D eigenvalue weighted by atomic mass is 10.4. The van der Waals surface area contributed by atoms with E-state index >= 15 is 0 Å². The predicted molar refractivity (Wildman–Crippen MR) is 47.1 cm³/mol. The molecule has 2 N–H and O–H groups in total. The fourth-order valence-corrected chi connectivity index (χ4v) is 0.653. The lowest BCUT2D eigenvalue weighted by molar-refractivity contribution is -0.890. The molecule has 0 rings (SSSR count). The van der Waals surface area contributed by atoms with E-state index in [1.54, 1.807) is 0 Å². The quantitative estimate of drug-likeness (QED) is 0.583.